The Morgan fingerprint density at radius 2 is 1.78 bits per heavy atom. The smallest absolute Gasteiger partial charge is 0.222 e. The van der Waals surface area contributed by atoms with Crippen molar-refractivity contribution in [2.24, 2.45) is 0 Å². The summed E-state index contributed by atoms with van der Waals surface area (Å²) in [5.41, 5.74) is 1.95. The van der Waals surface area contributed by atoms with Crippen LogP contribution in [0.25, 0.3) is 22.5 Å². The molecule has 164 valence electrons. The van der Waals surface area contributed by atoms with Crippen LogP contribution in [0.1, 0.15) is 38.3 Å². The van der Waals surface area contributed by atoms with Gasteiger partial charge in [-0.05, 0) is 43.2 Å². The summed E-state index contributed by atoms with van der Waals surface area (Å²) in [6.07, 6.45) is 2.94. The van der Waals surface area contributed by atoms with Crippen LogP contribution in [0.5, 0.6) is 0 Å². The first-order valence-electron chi connectivity index (χ1n) is 11.1. The average molecular weight is 429 g/mol. The first kappa shape index (κ1) is 21.6. The Kier molecular flexibility index (Phi) is 6.80. The molecule has 2 aromatic heterocycles. The van der Waals surface area contributed by atoms with Gasteiger partial charge in [0.15, 0.2) is 11.6 Å². The van der Waals surface area contributed by atoms with Gasteiger partial charge in [-0.3, -0.25) is 4.79 Å². The predicted molar refractivity (Wildman–Crippen MR) is 127 cm³/mol. The number of carbonyl (C=O) groups excluding carboxylic acids is 1. The van der Waals surface area contributed by atoms with Crippen LogP contribution >= 0.6 is 0 Å². The normalized spacial score (nSPS) is 11.9. The van der Waals surface area contributed by atoms with Gasteiger partial charge in [0.2, 0.25) is 5.91 Å². The molecule has 0 fully saturated rings. The molecular weight excluding hydrogens is 400 g/mol. The highest BCUT2D eigenvalue weighted by molar-refractivity contribution is 5.91. The van der Waals surface area contributed by atoms with Gasteiger partial charge in [0.05, 0.1) is 17.8 Å². The SMILES string of the molecule is CCCN(CCC(=O)NC(C)c1ccccc1)c1nc(-c2ccco2)nc2ccccc12. The van der Waals surface area contributed by atoms with Crippen LogP contribution in [-0.2, 0) is 4.79 Å². The van der Waals surface area contributed by atoms with Gasteiger partial charge in [-0.25, -0.2) is 9.97 Å². The largest absolute Gasteiger partial charge is 0.461 e. The minimum atomic E-state index is -0.0336. The van der Waals surface area contributed by atoms with Crippen molar-refractivity contribution in [1.29, 1.82) is 0 Å². The van der Waals surface area contributed by atoms with Crippen molar-refractivity contribution in [2.75, 3.05) is 18.0 Å². The highest BCUT2D eigenvalue weighted by Crippen LogP contribution is 2.28. The number of benzene rings is 2. The third-order valence-electron chi connectivity index (χ3n) is 5.40. The molecule has 0 radical (unpaired) electrons. The summed E-state index contributed by atoms with van der Waals surface area (Å²) in [7, 11) is 0. The molecule has 6 heteroatoms. The van der Waals surface area contributed by atoms with Gasteiger partial charge in [-0.2, -0.15) is 0 Å². The number of hydrogen-bond acceptors (Lipinski definition) is 5. The minimum Gasteiger partial charge on any atom is -0.461 e. The Labute approximate surface area is 188 Å². The molecule has 32 heavy (non-hydrogen) atoms. The zero-order valence-electron chi connectivity index (χ0n) is 18.5. The summed E-state index contributed by atoms with van der Waals surface area (Å²) in [6, 6.07) is 21.6. The molecule has 1 atom stereocenters. The van der Waals surface area contributed by atoms with Crippen molar-refractivity contribution in [3.8, 4) is 11.6 Å². The van der Waals surface area contributed by atoms with Gasteiger partial charge in [-0.1, -0.05) is 49.4 Å². The predicted octanol–water partition coefficient (Wildman–Crippen LogP) is 5.37. The minimum absolute atomic E-state index is 0.0204. The zero-order valence-corrected chi connectivity index (χ0v) is 18.5. The van der Waals surface area contributed by atoms with E-state index < -0.39 is 0 Å². The van der Waals surface area contributed by atoms with Gasteiger partial charge < -0.3 is 14.6 Å². The maximum Gasteiger partial charge on any atom is 0.222 e. The molecule has 1 N–H and O–H groups in total. The second-order valence-electron chi connectivity index (χ2n) is 7.80. The van der Waals surface area contributed by atoms with E-state index in [0.29, 0.717) is 24.6 Å². The number of para-hydroxylation sites is 1. The molecule has 0 saturated carbocycles. The molecule has 1 unspecified atom stereocenters. The van der Waals surface area contributed by atoms with Crippen LogP contribution in [0.15, 0.2) is 77.4 Å². The first-order valence-corrected chi connectivity index (χ1v) is 11.1. The molecular formula is C26H28N4O2. The van der Waals surface area contributed by atoms with Crippen LogP contribution in [-0.4, -0.2) is 29.0 Å². The lowest BCUT2D eigenvalue weighted by Gasteiger charge is -2.25. The molecule has 0 saturated heterocycles. The highest BCUT2D eigenvalue weighted by Gasteiger charge is 2.18. The number of furan rings is 1. The van der Waals surface area contributed by atoms with Crippen molar-refractivity contribution in [3.05, 3.63) is 78.6 Å². The molecule has 0 aliphatic carbocycles. The molecule has 0 spiro atoms. The van der Waals surface area contributed by atoms with Crippen LogP contribution in [0.4, 0.5) is 5.82 Å². The van der Waals surface area contributed by atoms with E-state index in [-0.39, 0.29) is 11.9 Å². The number of nitrogens with one attached hydrogen (secondary N) is 1. The monoisotopic (exact) mass is 428 g/mol. The van der Waals surface area contributed by atoms with Gasteiger partial charge in [0.1, 0.15) is 5.82 Å². The number of anilines is 1. The van der Waals surface area contributed by atoms with Crippen LogP contribution in [0.2, 0.25) is 0 Å². The second-order valence-corrected chi connectivity index (χ2v) is 7.80. The quantitative estimate of drug-likeness (QED) is 0.388. The Hall–Kier alpha value is -3.67. The number of aromatic nitrogens is 2. The summed E-state index contributed by atoms with van der Waals surface area (Å²) in [4.78, 5) is 24.4. The fourth-order valence-corrected chi connectivity index (χ4v) is 3.79. The first-order chi connectivity index (χ1) is 15.7. The molecule has 6 nitrogen and oxygen atoms in total. The van der Waals surface area contributed by atoms with Gasteiger partial charge >= 0.3 is 0 Å². The van der Waals surface area contributed by atoms with E-state index in [0.717, 1.165) is 35.2 Å². The summed E-state index contributed by atoms with van der Waals surface area (Å²) >= 11 is 0. The maximum absolute atomic E-state index is 12.7. The average Bonchev–Trinajstić information content (AvgIpc) is 3.37. The van der Waals surface area contributed by atoms with Crippen molar-refractivity contribution in [3.63, 3.8) is 0 Å². The van der Waals surface area contributed by atoms with Crippen molar-refractivity contribution in [1.82, 2.24) is 15.3 Å². The fraction of sp³-hybridized carbons (Fsp3) is 0.269. The topological polar surface area (TPSA) is 71.3 Å². The van der Waals surface area contributed by atoms with Gasteiger partial charge in [0, 0.05) is 24.9 Å². The van der Waals surface area contributed by atoms with E-state index in [1.54, 1.807) is 6.26 Å². The number of rotatable bonds is 9. The van der Waals surface area contributed by atoms with Crippen LogP contribution < -0.4 is 10.2 Å². The van der Waals surface area contributed by atoms with Crippen LogP contribution in [0.3, 0.4) is 0 Å². The van der Waals surface area contributed by atoms with E-state index in [9.17, 15) is 4.79 Å². The summed E-state index contributed by atoms with van der Waals surface area (Å²) < 4.78 is 5.54. The summed E-state index contributed by atoms with van der Waals surface area (Å²) in [6.45, 7) is 5.49. The molecule has 0 bridgehead atoms. The van der Waals surface area contributed by atoms with E-state index >= 15 is 0 Å². The number of nitrogens with zero attached hydrogens (tertiary/aromatic N) is 3. The lowest BCUT2D eigenvalue weighted by Crippen LogP contribution is -2.33. The molecule has 4 rings (SSSR count). The van der Waals surface area contributed by atoms with Crippen molar-refractivity contribution < 1.29 is 9.21 Å². The lowest BCUT2D eigenvalue weighted by atomic mass is 10.1. The number of fused-ring (bicyclic) bond motifs is 1. The number of carbonyl (C=O) groups is 1. The Morgan fingerprint density at radius 3 is 2.53 bits per heavy atom. The number of amides is 1. The van der Waals surface area contributed by atoms with Crippen LogP contribution in [0, 0.1) is 0 Å². The molecule has 0 aliphatic heterocycles. The molecule has 1 amide bonds. The Bertz CT molecular complexity index is 1160. The number of hydrogen-bond donors (Lipinski definition) is 1. The van der Waals surface area contributed by atoms with Gasteiger partial charge in [0.25, 0.3) is 0 Å². The molecule has 0 aliphatic rings. The van der Waals surface area contributed by atoms with Gasteiger partial charge in [-0.15, -0.1) is 0 Å². The van der Waals surface area contributed by atoms with E-state index in [2.05, 4.69) is 22.1 Å². The zero-order chi connectivity index (χ0) is 22.3. The van der Waals surface area contributed by atoms with E-state index in [4.69, 9.17) is 9.40 Å². The van der Waals surface area contributed by atoms with Crippen molar-refractivity contribution >= 4 is 22.6 Å². The maximum atomic E-state index is 12.7. The van der Waals surface area contributed by atoms with Crippen molar-refractivity contribution in [2.45, 2.75) is 32.7 Å². The molecule has 2 aromatic carbocycles. The molecule has 2 heterocycles. The standard InChI is InChI=1S/C26H28N4O2/c1-3-16-30(17-15-24(31)27-19(2)20-10-5-4-6-11-20)26-21-12-7-8-13-22(21)28-25(29-26)23-14-9-18-32-23/h4-14,18-19H,3,15-17H2,1-2H3,(H,27,31). The summed E-state index contributed by atoms with van der Waals surface area (Å²) in [5.74, 6) is 2.02. The van der Waals surface area contributed by atoms with E-state index in [1.165, 1.54) is 0 Å². The third kappa shape index (κ3) is 4.97. The Balaban J connectivity index is 1.55. The second kappa shape index (κ2) is 10.1. The molecule has 4 aromatic rings. The lowest BCUT2D eigenvalue weighted by molar-refractivity contribution is -0.121. The summed E-state index contributed by atoms with van der Waals surface area (Å²) in [5, 5.41) is 4.07. The Morgan fingerprint density at radius 1 is 1.00 bits per heavy atom. The fourth-order valence-electron chi connectivity index (χ4n) is 3.79. The highest BCUT2D eigenvalue weighted by atomic mass is 16.3. The van der Waals surface area contributed by atoms with E-state index in [1.807, 2.05) is 73.7 Å². The third-order valence-corrected chi connectivity index (χ3v) is 5.40.